The topological polar surface area (TPSA) is 37.4 Å². The van der Waals surface area contributed by atoms with Gasteiger partial charge in [-0.1, -0.05) is 30.3 Å². The van der Waals surface area contributed by atoms with Crippen LogP contribution in [-0.4, -0.2) is 23.0 Å². The van der Waals surface area contributed by atoms with Gasteiger partial charge in [-0.15, -0.1) is 11.8 Å². The van der Waals surface area contributed by atoms with Gasteiger partial charge in [-0.2, -0.15) is 0 Å². The van der Waals surface area contributed by atoms with Crippen molar-refractivity contribution in [1.29, 1.82) is 0 Å². The van der Waals surface area contributed by atoms with Crippen molar-refractivity contribution >= 4 is 23.6 Å². The van der Waals surface area contributed by atoms with Crippen LogP contribution in [0.15, 0.2) is 41.3 Å². The van der Waals surface area contributed by atoms with Gasteiger partial charge in [0, 0.05) is 6.08 Å². The number of thioether (sulfide) groups is 1. The van der Waals surface area contributed by atoms with Gasteiger partial charge in [0.1, 0.15) is 0 Å². The number of carbonyl (C=O) groups is 2. The van der Waals surface area contributed by atoms with E-state index in [2.05, 4.69) is 0 Å². The molecule has 0 aromatic heterocycles. The lowest BCUT2D eigenvalue weighted by molar-refractivity contribution is -0.137. The molecule has 3 nitrogen and oxygen atoms in total. The lowest BCUT2D eigenvalue weighted by Gasteiger charge is -2.14. The fourth-order valence-corrected chi connectivity index (χ4v) is 2.05. The second-order valence-corrected chi connectivity index (χ2v) is 4.28. The highest BCUT2D eigenvalue weighted by Gasteiger charge is 2.30. The average Bonchev–Trinajstić information content (AvgIpc) is 2.58. The van der Waals surface area contributed by atoms with Crippen LogP contribution < -0.4 is 0 Å². The molecule has 2 amide bonds. The van der Waals surface area contributed by atoms with Crippen LogP contribution in [0, 0.1) is 0 Å². The van der Waals surface area contributed by atoms with Crippen LogP contribution in [-0.2, 0) is 16.1 Å². The van der Waals surface area contributed by atoms with E-state index < -0.39 is 0 Å². The molecule has 0 atom stereocenters. The van der Waals surface area contributed by atoms with Crippen LogP contribution in [0.3, 0.4) is 0 Å². The monoisotopic (exact) mass is 233 g/mol. The number of carbonyl (C=O) groups excluding carboxylic acids is 2. The summed E-state index contributed by atoms with van der Waals surface area (Å²) in [5, 5.41) is 0. The summed E-state index contributed by atoms with van der Waals surface area (Å²) in [5.74, 6) is -0.417. The van der Waals surface area contributed by atoms with Crippen LogP contribution in [0.2, 0.25) is 0 Å². The van der Waals surface area contributed by atoms with E-state index in [1.165, 1.54) is 22.7 Å². The van der Waals surface area contributed by atoms with Crippen molar-refractivity contribution in [2.45, 2.75) is 6.54 Å². The van der Waals surface area contributed by atoms with Gasteiger partial charge in [-0.05, 0) is 11.8 Å². The summed E-state index contributed by atoms with van der Waals surface area (Å²) in [6.45, 7) is 0.346. The zero-order chi connectivity index (χ0) is 11.5. The van der Waals surface area contributed by atoms with Crippen molar-refractivity contribution in [2.75, 3.05) is 6.26 Å². The molecule has 1 heterocycles. The summed E-state index contributed by atoms with van der Waals surface area (Å²) in [5.41, 5.74) is 0.958. The quantitative estimate of drug-likeness (QED) is 0.747. The fourth-order valence-electron chi connectivity index (χ4n) is 1.55. The maximum absolute atomic E-state index is 11.8. The molecule has 0 saturated heterocycles. The van der Waals surface area contributed by atoms with E-state index in [0.29, 0.717) is 11.4 Å². The van der Waals surface area contributed by atoms with Crippen LogP contribution in [0.1, 0.15) is 5.56 Å². The molecule has 0 N–H and O–H groups in total. The molecule has 0 unspecified atom stereocenters. The number of hydrogen-bond donors (Lipinski definition) is 0. The fraction of sp³-hybridized carbons (Fsp3) is 0.167. The highest BCUT2D eigenvalue weighted by molar-refractivity contribution is 8.03. The third-order valence-electron chi connectivity index (χ3n) is 2.38. The van der Waals surface area contributed by atoms with Crippen molar-refractivity contribution < 1.29 is 9.59 Å². The van der Waals surface area contributed by atoms with E-state index >= 15 is 0 Å². The molecule has 0 radical (unpaired) electrons. The van der Waals surface area contributed by atoms with E-state index in [1.54, 1.807) is 6.26 Å². The van der Waals surface area contributed by atoms with Crippen molar-refractivity contribution in [2.24, 2.45) is 0 Å². The molecule has 82 valence electrons. The summed E-state index contributed by atoms with van der Waals surface area (Å²) in [7, 11) is 0. The largest absolute Gasteiger partial charge is 0.270 e. The molecule has 0 fully saturated rings. The first-order chi connectivity index (χ1) is 7.72. The Bertz CT molecular complexity index is 453. The molecule has 1 aromatic rings. The molecule has 1 aliphatic heterocycles. The highest BCUT2D eigenvalue weighted by atomic mass is 32.2. The Morgan fingerprint density at radius 1 is 1.19 bits per heavy atom. The molecule has 0 saturated carbocycles. The first-order valence-corrected chi connectivity index (χ1v) is 6.10. The average molecular weight is 233 g/mol. The molecule has 0 bridgehead atoms. The predicted octanol–water partition coefficient (Wildman–Crippen LogP) is 1.80. The maximum Gasteiger partial charge on any atom is 0.267 e. The SMILES string of the molecule is CSC1=CC(=O)N(Cc2ccccc2)C1=O. The van der Waals surface area contributed by atoms with Crippen molar-refractivity contribution in [3.63, 3.8) is 0 Å². The van der Waals surface area contributed by atoms with Crippen molar-refractivity contribution in [1.82, 2.24) is 4.90 Å². The zero-order valence-electron chi connectivity index (χ0n) is 8.84. The Kier molecular flexibility index (Phi) is 3.10. The Morgan fingerprint density at radius 3 is 2.44 bits per heavy atom. The minimum absolute atomic E-state index is 0.193. The molecule has 1 aliphatic rings. The number of benzene rings is 1. The molecule has 0 aliphatic carbocycles. The smallest absolute Gasteiger partial charge is 0.267 e. The summed E-state index contributed by atoms with van der Waals surface area (Å²) < 4.78 is 0. The van der Waals surface area contributed by atoms with Crippen LogP contribution in [0.4, 0.5) is 0 Å². The van der Waals surface area contributed by atoms with Gasteiger partial charge in [-0.3, -0.25) is 14.5 Å². The first kappa shape index (κ1) is 11.0. The third-order valence-corrected chi connectivity index (χ3v) is 3.11. The maximum atomic E-state index is 11.8. The number of hydrogen-bond acceptors (Lipinski definition) is 3. The van der Waals surface area contributed by atoms with E-state index in [0.717, 1.165) is 5.56 Å². The third kappa shape index (κ3) is 2.02. The molecule has 16 heavy (non-hydrogen) atoms. The Labute approximate surface area is 98.1 Å². The van der Waals surface area contributed by atoms with E-state index in [1.807, 2.05) is 30.3 Å². The van der Waals surface area contributed by atoms with Gasteiger partial charge < -0.3 is 0 Å². The van der Waals surface area contributed by atoms with Gasteiger partial charge in [-0.25, -0.2) is 0 Å². The molecule has 4 heteroatoms. The lowest BCUT2D eigenvalue weighted by atomic mass is 10.2. The van der Waals surface area contributed by atoms with Crippen molar-refractivity contribution in [3.05, 3.63) is 46.9 Å². The number of imide groups is 1. The minimum atomic E-state index is -0.224. The number of rotatable bonds is 3. The predicted molar refractivity (Wildman–Crippen MR) is 63.6 cm³/mol. The minimum Gasteiger partial charge on any atom is -0.270 e. The molecular formula is C12H11NO2S. The first-order valence-electron chi connectivity index (χ1n) is 4.88. The van der Waals surface area contributed by atoms with E-state index in [9.17, 15) is 9.59 Å². The second-order valence-electron chi connectivity index (χ2n) is 3.43. The van der Waals surface area contributed by atoms with Crippen LogP contribution >= 0.6 is 11.8 Å². The summed E-state index contributed by atoms with van der Waals surface area (Å²) in [6.07, 6.45) is 3.19. The summed E-state index contributed by atoms with van der Waals surface area (Å²) >= 11 is 1.31. The van der Waals surface area contributed by atoms with Gasteiger partial charge in [0.05, 0.1) is 11.4 Å². The molecule has 1 aromatic carbocycles. The van der Waals surface area contributed by atoms with E-state index in [-0.39, 0.29) is 11.8 Å². The van der Waals surface area contributed by atoms with Crippen LogP contribution in [0.5, 0.6) is 0 Å². The Morgan fingerprint density at radius 2 is 1.88 bits per heavy atom. The number of nitrogens with zero attached hydrogens (tertiary/aromatic N) is 1. The second kappa shape index (κ2) is 4.53. The van der Waals surface area contributed by atoms with Crippen molar-refractivity contribution in [3.8, 4) is 0 Å². The molecular weight excluding hydrogens is 222 g/mol. The normalized spacial score (nSPS) is 15.6. The van der Waals surface area contributed by atoms with Gasteiger partial charge >= 0.3 is 0 Å². The van der Waals surface area contributed by atoms with Gasteiger partial charge in [0.15, 0.2) is 0 Å². The lowest BCUT2D eigenvalue weighted by Crippen LogP contribution is -2.30. The van der Waals surface area contributed by atoms with Gasteiger partial charge in [0.25, 0.3) is 11.8 Å². The Hall–Kier alpha value is -1.55. The summed E-state index contributed by atoms with van der Waals surface area (Å²) in [6, 6.07) is 9.49. The van der Waals surface area contributed by atoms with Gasteiger partial charge in [0.2, 0.25) is 0 Å². The molecule has 0 spiro atoms. The number of amides is 2. The Balaban J connectivity index is 2.14. The molecule has 2 rings (SSSR count). The highest BCUT2D eigenvalue weighted by Crippen LogP contribution is 2.23. The summed E-state index contributed by atoms with van der Waals surface area (Å²) in [4.78, 5) is 25.1. The zero-order valence-corrected chi connectivity index (χ0v) is 9.66. The van der Waals surface area contributed by atoms with E-state index in [4.69, 9.17) is 0 Å². The standard InChI is InChI=1S/C12H11NO2S/c1-16-10-7-11(14)13(12(10)15)8-9-5-3-2-4-6-9/h2-7H,8H2,1H3. The van der Waals surface area contributed by atoms with Crippen LogP contribution in [0.25, 0.3) is 0 Å².